The van der Waals surface area contributed by atoms with Crippen LogP contribution < -0.4 is 5.48 Å². The normalized spacial score (nSPS) is 16.2. The minimum Gasteiger partial charge on any atom is -0.337 e. The lowest BCUT2D eigenvalue weighted by Gasteiger charge is -2.31. The third-order valence-electron chi connectivity index (χ3n) is 3.71. The predicted octanol–water partition coefficient (Wildman–Crippen LogP) is 0.992. The van der Waals surface area contributed by atoms with Crippen molar-refractivity contribution in [1.29, 1.82) is 0 Å². The van der Waals surface area contributed by atoms with E-state index in [0.717, 1.165) is 37.3 Å². The molecule has 0 atom stereocenters. The van der Waals surface area contributed by atoms with Gasteiger partial charge in [-0.3, -0.25) is 14.8 Å². The van der Waals surface area contributed by atoms with Crippen molar-refractivity contribution in [3.8, 4) is 0 Å². The lowest BCUT2D eigenvalue weighted by atomic mass is 10.1. The smallest absolute Gasteiger partial charge is 0.267 e. The van der Waals surface area contributed by atoms with Crippen LogP contribution in [-0.4, -0.2) is 60.0 Å². The van der Waals surface area contributed by atoms with Crippen LogP contribution in [0.1, 0.15) is 11.1 Å². The predicted molar refractivity (Wildman–Crippen MR) is 88.5 cm³/mol. The summed E-state index contributed by atoms with van der Waals surface area (Å²) in [7, 11) is 2.05. The second-order valence-electron chi connectivity index (χ2n) is 5.44. The van der Waals surface area contributed by atoms with Gasteiger partial charge >= 0.3 is 0 Å². The number of hydroxylamine groups is 1. The van der Waals surface area contributed by atoms with Crippen LogP contribution in [0, 0.1) is 0 Å². The van der Waals surface area contributed by atoms with Crippen molar-refractivity contribution < 1.29 is 14.8 Å². The number of rotatable bonds is 4. The third-order valence-corrected chi connectivity index (χ3v) is 3.71. The molecule has 1 aliphatic rings. The standard InChI is InChI=1S/C17H21N3O3/c1-19-10-12-20(13-11-19)17(22)9-7-15-4-2-14(3-5-15)6-8-16(21)18-23/h2-9,23H,10-13H2,1H3,(H,18,21)/b8-6+,9-7+. The number of piperazine rings is 1. The second-order valence-corrected chi connectivity index (χ2v) is 5.44. The van der Waals surface area contributed by atoms with Crippen LogP contribution in [0.2, 0.25) is 0 Å². The molecular weight excluding hydrogens is 294 g/mol. The van der Waals surface area contributed by atoms with Gasteiger partial charge in [0, 0.05) is 38.3 Å². The van der Waals surface area contributed by atoms with Gasteiger partial charge in [0.1, 0.15) is 0 Å². The Bertz CT molecular complexity index is 600. The summed E-state index contributed by atoms with van der Waals surface area (Å²) in [6.07, 6.45) is 6.21. The highest BCUT2D eigenvalue weighted by Gasteiger charge is 2.16. The first kappa shape index (κ1) is 16.9. The van der Waals surface area contributed by atoms with Crippen LogP contribution in [0.5, 0.6) is 0 Å². The number of nitrogens with one attached hydrogen (secondary N) is 1. The summed E-state index contributed by atoms with van der Waals surface area (Å²) in [4.78, 5) is 27.0. The number of hydrogen-bond donors (Lipinski definition) is 2. The van der Waals surface area contributed by atoms with Crippen LogP contribution in [0.3, 0.4) is 0 Å². The van der Waals surface area contributed by atoms with Gasteiger partial charge in [-0.15, -0.1) is 0 Å². The molecule has 0 spiro atoms. The number of hydrogen-bond acceptors (Lipinski definition) is 4. The van der Waals surface area contributed by atoms with Crippen molar-refractivity contribution in [2.75, 3.05) is 33.2 Å². The molecule has 1 aromatic rings. The largest absolute Gasteiger partial charge is 0.337 e. The SMILES string of the molecule is CN1CCN(C(=O)/C=C/c2ccc(/C=C/C(=O)NO)cc2)CC1. The van der Waals surface area contributed by atoms with Crippen molar-refractivity contribution in [2.45, 2.75) is 0 Å². The Balaban J connectivity index is 1.91. The van der Waals surface area contributed by atoms with Crippen LogP contribution >= 0.6 is 0 Å². The molecule has 2 N–H and O–H groups in total. The van der Waals surface area contributed by atoms with Gasteiger partial charge in [-0.2, -0.15) is 0 Å². The highest BCUT2D eigenvalue weighted by atomic mass is 16.5. The van der Waals surface area contributed by atoms with Crippen LogP contribution in [0.15, 0.2) is 36.4 Å². The fourth-order valence-electron chi connectivity index (χ4n) is 2.23. The molecule has 1 fully saturated rings. The van der Waals surface area contributed by atoms with Gasteiger partial charge < -0.3 is 9.80 Å². The van der Waals surface area contributed by atoms with Gasteiger partial charge in [0.25, 0.3) is 5.91 Å². The summed E-state index contributed by atoms with van der Waals surface area (Å²) >= 11 is 0. The van der Waals surface area contributed by atoms with Crippen molar-refractivity contribution in [2.24, 2.45) is 0 Å². The third kappa shape index (κ3) is 5.36. The number of likely N-dealkylation sites (N-methyl/N-ethyl adjacent to an activating group) is 1. The zero-order valence-corrected chi connectivity index (χ0v) is 13.1. The average Bonchev–Trinajstić information content (AvgIpc) is 2.59. The maximum absolute atomic E-state index is 12.1. The molecule has 1 heterocycles. The van der Waals surface area contributed by atoms with Gasteiger partial charge in [-0.05, 0) is 30.3 Å². The van der Waals surface area contributed by atoms with E-state index in [2.05, 4.69) is 11.9 Å². The van der Waals surface area contributed by atoms with E-state index < -0.39 is 5.91 Å². The molecule has 0 aromatic heterocycles. The van der Waals surface area contributed by atoms with E-state index in [1.165, 1.54) is 11.6 Å². The van der Waals surface area contributed by atoms with Gasteiger partial charge in [-0.25, -0.2) is 5.48 Å². The fraction of sp³-hybridized carbons (Fsp3) is 0.294. The first-order valence-corrected chi connectivity index (χ1v) is 7.46. The first-order chi connectivity index (χ1) is 11.1. The number of amides is 2. The molecule has 2 amide bonds. The maximum Gasteiger partial charge on any atom is 0.267 e. The Morgan fingerprint density at radius 2 is 1.52 bits per heavy atom. The Morgan fingerprint density at radius 3 is 2.04 bits per heavy atom. The summed E-state index contributed by atoms with van der Waals surface area (Å²) in [5.41, 5.74) is 3.27. The quantitative estimate of drug-likeness (QED) is 0.494. The van der Waals surface area contributed by atoms with Crippen LogP contribution in [-0.2, 0) is 9.59 Å². The van der Waals surface area contributed by atoms with Crippen molar-refractivity contribution in [3.63, 3.8) is 0 Å². The topological polar surface area (TPSA) is 72.9 Å². The molecule has 6 heteroatoms. The zero-order valence-electron chi connectivity index (χ0n) is 13.1. The molecular formula is C17H21N3O3. The highest BCUT2D eigenvalue weighted by molar-refractivity contribution is 5.92. The van der Waals surface area contributed by atoms with E-state index in [1.54, 1.807) is 18.2 Å². The summed E-state index contributed by atoms with van der Waals surface area (Å²) in [6, 6.07) is 7.40. The summed E-state index contributed by atoms with van der Waals surface area (Å²) in [6.45, 7) is 3.33. The maximum atomic E-state index is 12.1. The summed E-state index contributed by atoms with van der Waals surface area (Å²) in [5.74, 6) is -0.548. The van der Waals surface area contributed by atoms with E-state index >= 15 is 0 Å². The van der Waals surface area contributed by atoms with E-state index in [-0.39, 0.29) is 5.91 Å². The molecule has 0 saturated carbocycles. The molecule has 23 heavy (non-hydrogen) atoms. The van der Waals surface area contributed by atoms with Gasteiger partial charge in [0.15, 0.2) is 0 Å². The van der Waals surface area contributed by atoms with Gasteiger partial charge in [0.2, 0.25) is 5.91 Å². The van der Waals surface area contributed by atoms with Crippen LogP contribution in [0.25, 0.3) is 12.2 Å². The monoisotopic (exact) mass is 315 g/mol. The molecule has 6 nitrogen and oxygen atoms in total. The van der Waals surface area contributed by atoms with E-state index in [9.17, 15) is 9.59 Å². The molecule has 0 aliphatic carbocycles. The molecule has 0 unspecified atom stereocenters. The van der Waals surface area contributed by atoms with Crippen molar-refractivity contribution in [3.05, 3.63) is 47.5 Å². The number of carbonyl (C=O) groups excluding carboxylic acids is 2. The number of benzene rings is 1. The molecule has 0 radical (unpaired) electrons. The molecule has 122 valence electrons. The minimum atomic E-state index is -0.577. The Labute approximate surface area is 135 Å². The highest BCUT2D eigenvalue weighted by Crippen LogP contribution is 2.09. The number of nitrogens with zero attached hydrogens (tertiary/aromatic N) is 2. The average molecular weight is 315 g/mol. The number of carbonyl (C=O) groups is 2. The van der Waals surface area contributed by atoms with E-state index in [4.69, 9.17) is 5.21 Å². The lowest BCUT2D eigenvalue weighted by molar-refractivity contribution is -0.127. The van der Waals surface area contributed by atoms with Gasteiger partial charge in [-0.1, -0.05) is 24.3 Å². The summed E-state index contributed by atoms with van der Waals surface area (Å²) in [5, 5.41) is 8.40. The minimum absolute atomic E-state index is 0.0293. The van der Waals surface area contributed by atoms with E-state index in [1.807, 2.05) is 29.2 Å². The van der Waals surface area contributed by atoms with E-state index in [0.29, 0.717) is 0 Å². The Kier molecular flexibility index (Phi) is 6.08. The fourth-order valence-corrected chi connectivity index (χ4v) is 2.23. The Morgan fingerprint density at radius 1 is 1.00 bits per heavy atom. The van der Waals surface area contributed by atoms with Crippen molar-refractivity contribution >= 4 is 24.0 Å². The van der Waals surface area contributed by atoms with Crippen LogP contribution in [0.4, 0.5) is 0 Å². The molecule has 1 saturated heterocycles. The molecule has 2 rings (SSSR count). The molecule has 1 aliphatic heterocycles. The van der Waals surface area contributed by atoms with Gasteiger partial charge in [0.05, 0.1) is 0 Å². The first-order valence-electron chi connectivity index (χ1n) is 7.46. The molecule has 0 bridgehead atoms. The van der Waals surface area contributed by atoms with Crippen molar-refractivity contribution in [1.82, 2.24) is 15.3 Å². The Hall–Kier alpha value is -2.44. The summed E-state index contributed by atoms with van der Waals surface area (Å²) < 4.78 is 0. The second kappa shape index (κ2) is 8.26. The molecule has 1 aromatic carbocycles. The zero-order chi connectivity index (χ0) is 16.7. The lowest BCUT2D eigenvalue weighted by Crippen LogP contribution is -2.46.